The first-order valence-corrected chi connectivity index (χ1v) is 10.4. The standard InChI is InChI=1S/C18H23ClN4O4S/c1-10(2)14-6-12(19)7-15(11(3)4)16(14)22-17(24)23-28(25,26)13-8-20-18(27-5)21-9-13/h6-11H,1-5H3,(H2,22,23,24). The maximum atomic E-state index is 12.5. The van der Waals surface area contributed by atoms with E-state index >= 15 is 0 Å². The van der Waals surface area contributed by atoms with Crippen LogP contribution in [0.2, 0.25) is 5.02 Å². The van der Waals surface area contributed by atoms with E-state index in [-0.39, 0.29) is 22.7 Å². The Balaban J connectivity index is 2.31. The second-order valence-corrected chi connectivity index (χ2v) is 8.85. The Labute approximate surface area is 169 Å². The molecule has 0 radical (unpaired) electrons. The number of rotatable bonds is 6. The number of sulfonamides is 1. The van der Waals surface area contributed by atoms with Gasteiger partial charge in [0.1, 0.15) is 4.90 Å². The van der Waals surface area contributed by atoms with Crippen molar-refractivity contribution in [3.05, 3.63) is 40.7 Å². The molecule has 2 amide bonds. The minimum atomic E-state index is -4.15. The number of amides is 2. The van der Waals surface area contributed by atoms with Crippen LogP contribution in [0.1, 0.15) is 50.7 Å². The molecule has 0 aliphatic rings. The predicted molar refractivity (Wildman–Crippen MR) is 108 cm³/mol. The van der Waals surface area contributed by atoms with Crippen LogP contribution in [-0.2, 0) is 10.0 Å². The molecule has 0 saturated carbocycles. The molecule has 28 heavy (non-hydrogen) atoms. The first kappa shape index (κ1) is 21.9. The Hall–Kier alpha value is -2.39. The quantitative estimate of drug-likeness (QED) is 0.724. The number of anilines is 1. The molecular formula is C18H23ClN4O4S. The average Bonchev–Trinajstić information content (AvgIpc) is 2.62. The fourth-order valence-electron chi connectivity index (χ4n) is 2.57. The molecule has 10 heteroatoms. The van der Waals surface area contributed by atoms with Gasteiger partial charge >= 0.3 is 12.0 Å². The molecular weight excluding hydrogens is 404 g/mol. The first-order chi connectivity index (χ1) is 13.0. The number of halogens is 1. The fraction of sp³-hybridized carbons (Fsp3) is 0.389. The lowest BCUT2D eigenvalue weighted by molar-refractivity contribution is 0.256. The highest BCUT2D eigenvalue weighted by Gasteiger charge is 2.22. The summed E-state index contributed by atoms with van der Waals surface area (Å²) in [6, 6.07) is 2.66. The number of carbonyl (C=O) groups is 1. The van der Waals surface area contributed by atoms with Gasteiger partial charge in [-0.25, -0.2) is 27.9 Å². The molecule has 2 rings (SSSR count). The Morgan fingerprint density at radius 2 is 1.57 bits per heavy atom. The third-order valence-corrected chi connectivity index (χ3v) is 5.47. The number of nitrogens with zero attached hydrogens (tertiary/aromatic N) is 2. The smallest absolute Gasteiger partial charge is 0.333 e. The molecule has 152 valence electrons. The van der Waals surface area contributed by atoms with Crippen LogP contribution in [-0.4, -0.2) is 31.5 Å². The van der Waals surface area contributed by atoms with Gasteiger partial charge in [0.05, 0.1) is 19.5 Å². The zero-order valence-corrected chi connectivity index (χ0v) is 17.9. The van der Waals surface area contributed by atoms with Crippen LogP contribution in [0.5, 0.6) is 6.01 Å². The van der Waals surface area contributed by atoms with Gasteiger partial charge < -0.3 is 10.1 Å². The summed E-state index contributed by atoms with van der Waals surface area (Å²) < 4.78 is 31.6. The van der Waals surface area contributed by atoms with Crippen LogP contribution in [0, 0.1) is 0 Å². The van der Waals surface area contributed by atoms with Crippen molar-refractivity contribution in [3.8, 4) is 6.01 Å². The number of urea groups is 1. The molecule has 2 N–H and O–H groups in total. The Morgan fingerprint density at radius 3 is 2.00 bits per heavy atom. The van der Waals surface area contributed by atoms with Crippen LogP contribution in [0.4, 0.5) is 10.5 Å². The summed E-state index contributed by atoms with van der Waals surface area (Å²) >= 11 is 6.21. The number of nitrogens with one attached hydrogen (secondary N) is 2. The van der Waals surface area contributed by atoms with E-state index in [0.717, 1.165) is 23.5 Å². The van der Waals surface area contributed by atoms with Gasteiger partial charge in [-0.05, 0) is 35.1 Å². The van der Waals surface area contributed by atoms with Crippen molar-refractivity contribution in [1.29, 1.82) is 0 Å². The first-order valence-electron chi connectivity index (χ1n) is 8.58. The van der Waals surface area contributed by atoms with Crippen molar-refractivity contribution in [1.82, 2.24) is 14.7 Å². The lowest BCUT2D eigenvalue weighted by atomic mass is 9.92. The zero-order chi connectivity index (χ0) is 21.1. The van der Waals surface area contributed by atoms with E-state index in [2.05, 4.69) is 15.3 Å². The number of methoxy groups -OCH3 is 1. The van der Waals surface area contributed by atoms with Crippen LogP contribution < -0.4 is 14.8 Å². The molecule has 0 saturated heterocycles. The van der Waals surface area contributed by atoms with Gasteiger partial charge in [-0.2, -0.15) is 0 Å². The van der Waals surface area contributed by atoms with E-state index in [0.29, 0.717) is 10.7 Å². The lowest BCUT2D eigenvalue weighted by Crippen LogP contribution is -2.35. The molecule has 1 aromatic heterocycles. The van der Waals surface area contributed by atoms with Crippen molar-refractivity contribution >= 4 is 33.3 Å². The number of hydrogen-bond acceptors (Lipinski definition) is 6. The number of benzene rings is 1. The molecule has 2 aromatic rings. The molecule has 1 aromatic carbocycles. The molecule has 8 nitrogen and oxygen atoms in total. The SMILES string of the molecule is COc1ncc(S(=O)(=O)NC(=O)Nc2c(C(C)C)cc(Cl)cc2C(C)C)cn1. The molecule has 0 spiro atoms. The largest absolute Gasteiger partial charge is 0.467 e. The monoisotopic (exact) mass is 426 g/mol. The number of hydrogen-bond donors (Lipinski definition) is 2. The summed E-state index contributed by atoms with van der Waals surface area (Å²) in [4.78, 5) is 19.7. The van der Waals surface area contributed by atoms with E-state index in [1.165, 1.54) is 7.11 Å². The van der Waals surface area contributed by atoms with E-state index in [9.17, 15) is 13.2 Å². The van der Waals surface area contributed by atoms with Gasteiger partial charge in [0.2, 0.25) is 0 Å². The van der Waals surface area contributed by atoms with E-state index in [1.54, 1.807) is 12.1 Å². The Bertz CT molecular complexity index is 931. The summed E-state index contributed by atoms with van der Waals surface area (Å²) in [6.45, 7) is 7.85. The van der Waals surface area contributed by atoms with Gasteiger partial charge in [0.25, 0.3) is 10.0 Å². The van der Waals surface area contributed by atoms with Crippen molar-refractivity contribution in [3.63, 3.8) is 0 Å². The molecule has 0 atom stereocenters. The van der Waals surface area contributed by atoms with Gasteiger partial charge in [-0.15, -0.1) is 0 Å². The van der Waals surface area contributed by atoms with Crippen LogP contribution in [0.3, 0.4) is 0 Å². The minimum Gasteiger partial charge on any atom is -0.467 e. The summed E-state index contributed by atoms with van der Waals surface area (Å²) in [6.07, 6.45) is 2.12. The second-order valence-electron chi connectivity index (χ2n) is 6.73. The van der Waals surface area contributed by atoms with Crippen LogP contribution in [0.15, 0.2) is 29.4 Å². The highest BCUT2D eigenvalue weighted by atomic mass is 35.5. The van der Waals surface area contributed by atoms with Crippen molar-refractivity contribution < 1.29 is 17.9 Å². The van der Waals surface area contributed by atoms with Crippen LogP contribution in [0.25, 0.3) is 0 Å². The fourth-order valence-corrected chi connectivity index (χ4v) is 3.60. The Kier molecular flexibility index (Phi) is 6.84. The van der Waals surface area contributed by atoms with Gasteiger partial charge in [-0.3, -0.25) is 0 Å². The van der Waals surface area contributed by atoms with E-state index in [1.807, 2.05) is 32.4 Å². The number of carbonyl (C=O) groups excluding carboxylic acids is 1. The second kappa shape index (κ2) is 8.74. The molecule has 0 aliphatic carbocycles. The molecule has 0 bridgehead atoms. The maximum Gasteiger partial charge on any atom is 0.333 e. The van der Waals surface area contributed by atoms with Gasteiger partial charge in [0, 0.05) is 10.7 Å². The van der Waals surface area contributed by atoms with Crippen molar-refractivity contribution in [2.24, 2.45) is 0 Å². The van der Waals surface area contributed by atoms with Gasteiger partial charge in [0.15, 0.2) is 0 Å². The highest BCUT2D eigenvalue weighted by Crippen LogP contribution is 2.35. The number of aromatic nitrogens is 2. The van der Waals surface area contributed by atoms with E-state index in [4.69, 9.17) is 16.3 Å². The predicted octanol–water partition coefficient (Wildman–Crippen LogP) is 3.90. The van der Waals surface area contributed by atoms with E-state index < -0.39 is 16.1 Å². The van der Waals surface area contributed by atoms with Crippen LogP contribution >= 0.6 is 11.6 Å². The lowest BCUT2D eigenvalue weighted by Gasteiger charge is -2.21. The third-order valence-electron chi connectivity index (χ3n) is 3.97. The minimum absolute atomic E-state index is 0.0210. The summed E-state index contributed by atoms with van der Waals surface area (Å²) in [5.41, 5.74) is 2.18. The highest BCUT2D eigenvalue weighted by molar-refractivity contribution is 7.90. The normalized spacial score (nSPS) is 11.6. The number of ether oxygens (including phenoxy) is 1. The third kappa shape index (κ3) is 5.11. The molecule has 1 heterocycles. The molecule has 0 fully saturated rings. The summed E-state index contributed by atoms with van der Waals surface area (Å²) in [5, 5.41) is 3.22. The topological polar surface area (TPSA) is 110 Å². The summed E-state index contributed by atoms with van der Waals surface area (Å²) in [5.74, 6) is 0.135. The van der Waals surface area contributed by atoms with Crippen molar-refractivity contribution in [2.45, 2.75) is 44.4 Å². The Morgan fingerprint density at radius 1 is 1.07 bits per heavy atom. The maximum absolute atomic E-state index is 12.5. The van der Waals surface area contributed by atoms with Gasteiger partial charge in [-0.1, -0.05) is 39.3 Å². The zero-order valence-electron chi connectivity index (χ0n) is 16.3. The summed E-state index contributed by atoms with van der Waals surface area (Å²) in [7, 11) is -2.79. The molecule has 0 aliphatic heterocycles. The molecule has 0 unspecified atom stereocenters. The average molecular weight is 427 g/mol. The van der Waals surface area contributed by atoms with Crippen molar-refractivity contribution in [2.75, 3.05) is 12.4 Å².